The standard InChI is InChI=1S/C14H21N3OS/c1-10(2)9-18-6-5-15-7-13-12(4)16-14-17(13)8-11(3)19-14/h8,15H,1,5-7,9H2,2-4H3. The van der Waals surface area contributed by atoms with E-state index < -0.39 is 0 Å². The molecule has 0 saturated carbocycles. The fourth-order valence-corrected chi connectivity index (χ4v) is 2.81. The van der Waals surface area contributed by atoms with Crippen LogP contribution in [0.1, 0.15) is 23.2 Å². The first-order valence-electron chi connectivity index (χ1n) is 6.44. The van der Waals surface area contributed by atoms with Gasteiger partial charge in [-0.1, -0.05) is 12.2 Å². The summed E-state index contributed by atoms with van der Waals surface area (Å²) in [5.74, 6) is 0. The molecule has 0 aliphatic rings. The number of imidazole rings is 1. The highest BCUT2D eigenvalue weighted by Gasteiger charge is 2.10. The largest absolute Gasteiger partial charge is 0.376 e. The lowest BCUT2D eigenvalue weighted by Crippen LogP contribution is -2.20. The highest BCUT2D eigenvalue weighted by Crippen LogP contribution is 2.20. The number of nitrogens with one attached hydrogen (secondary N) is 1. The van der Waals surface area contributed by atoms with E-state index in [1.54, 1.807) is 11.3 Å². The molecule has 2 aromatic rings. The third kappa shape index (κ3) is 3.65. The van der Waals surface area contributed by atoms with Gasteiger partial charge in [0.1, 0.15) is 0 Å². The summed E-state index contributed by atoms with van der Waals surface area (Å²) in [5, 5.41) is 3.39. The van der Waals surface area contributed by atoms with Crippen molar-refractivity contribution in [3.63, 3.8) is 0 Å². The lowest BCUT2D eigenvalue weighted by Gasteiger charge is -2.06. The Morgan fingerprint density at radius 2 is 2.32 bits per heavy atom. The number of fused-ring (bicyclic) bond motifs is 1. The highest BCUT2D eigenvalue weighted by molar-refractivity contribution is 7.17. The van der Waals surface area contributed by atoms with Gasteiger partial charge in [0.2, 0.25) is 0 Å². The lowest BCUT2D eigenvalue weighted by atomic mass is 10.3. The second kappa shape index (κ2) is 6.32. The summed E-state index contributed by atoms with van der Waals surface area (Å²) >= 11 is 1.73. The smallest absolute Gasteiger partial charge is 0.194 e. The molecule has 104 valence electrons. The van der Waals surface area contributed by atoms with Crippen molar-refractivity contribution in [3.8, 4) is 0 Å². The van der Waals surface area contributed by atoms with Crippen LogP contribution in [0, 0.1) is 13.8 Å². The van der Waals surface area contributed by atoms with Crippen LogP contribution in [-0.4, -0.2) is 29.1 Å². The van der Waals surface area contributed by atoms with E-state index in [1.165, 1.54) is 10.6 Å². The van der Waals surface area contributed by atoms with Crippen LogP contribution in [0.4, 0.5) is 0 Å². The Balaban J connectivity index is 1.84. The van der Waals surface area contributed by atoms with E-state index in [1.807, 2.05) is 6.92 Å². The fraction of sp³-hybridized carbons (Fsp3) is 0.500. The molecule has 0 spiro atoms. The molecule has 0 aliphatic carbocycles. The van der Waals surface area contributed by atoms with Crippen LogP contribution in [0.2, 0.25) is 0 Å². The molecule has 0 saturated heterocycles. The van der Waals surface area contributed by atoms with Gasteiger partial charge < -0.3 is 10.1 Å². The molecule has 0 unspecified atom stereocenters. The van der Waals surface area contributed by atoms with E-state index >= 15 is 0 Å². The Bertz CT molecular complexity index is 571. The van der Waals surface area contributed by atoms with E-state index in [2.05, 4.69) is 41.3 Å². The molecule has 2 aromatic heterocycles. The zero-order valence-corrected chi connectivity index (χ0v) is 12.6. The van der Waals surface area contributed by atoms with E-state index in [-0.39, 0.29) is 0 Å². The number of ether oxygens (including phenoxy) is 1. The maximum absolute atomic E-state index is 5.45. The number of aryl methyl sites for hydroxylation is 2. The number of thiazole rings is 1. The maximum Gasteiger partial charge on any atom is 0.194 e. The number of rotatable bonds is 7. The van der Waals surface area contributed by atoms with Crippen molar-refractivity contribution >= 4 is 16.3 Å². The average Bonchev–Trinajstić information content (AvgIpc) is 2.80. The summed E-state index contributed by atoms with van der Waals surface area (Å²) in [4.78, 5) is 6.93. The van der Waals surface area contributed by atoms with Crippen molar-refractivity contribution in [1.82, 2.24) is 14.7 Å². The second-order valence-electron chi connectivity index (χ2n) is 4.82. The van der Waals surface area contributed by atoms with E-state index in [9.17, 15) is 0 Å². The van der Waals surface area contributed by atoms with Crippen molar-refractivity contribution in [2.45, 2.75) is 27.3 Å². The van der Waals surface area contributed by atoms with Crippen LogP contribution in [0.25, 0.3) is 4.96 Å². The normalized spacial score (nSPS) is 11.3. The molecular formula is C14H21N3OS. The van der Waals surface area contributed by atoms with E-state index in [4.69, 9.17) is 4.74 Å². The maximum atomic E-state index is 5.45. The molecule has 2 heterocycles. The van der Waals surface area contributed by atoms with E-state index in [0.29, 0.717) is 13.2 Å². The Labute approximate surface area is 118 Å². The van der Waals surface area contributed by atoms with Crippen LogP contribution in [0.15, 0.2) is 18.3 Å². The van der Waals surface area contributed by atoms with Crippen molar-refractivity contribution in [1.29, 1.82) is 0 Å². The Kier molecular flexibility index (Phi) is 4.74. The van der Waals surface area contributed by atoms with Gasteiger partial charge in [0.05, 0.1) is 24.6 Å². The molecule has 19 heavy (non-hydrogen) atoms. The van der Waals surface area contributed by atoms with Crippen LogP contribution >= 0.6 is 11.3 Å². The zero-order valence-electron chi connectivity index (χ0n) is 11.8. The first kappa shape index (κ1) is 14.2. The van der Waals surface area contributed by atoms with Gasteiger partial charge in [0.15, 0.2) is 4.96 Å². The Morgan fingerprint density at radius 3 is 3.05 bits per heavy atom. The number of hydrogen-bond donors (Lipinski definition) is 1. The van der Waals surface area contributed by atoms with Crippen molar-refractivity contribution in [3.05, 3.63) is 34.6 Å². The summed E-state index contributed by atoms with van der Waals surface area (Å²) in [5.41, 5.74) is 3.39. The van der Waals surface area contributed by atoms with Crippen LogP contribution in [-0.2, 0) is 11.3 Å². The molecule has 0 radical (unpaired) electrons. The van der Waals surface area contributed by atoms with Crippen molar-refractivity contribution < 1.29 is 4.74 Å². The molecule has 0 aliphatic heterocycles. The Hall–Kier alpha value is -1.17. The number of nitrogens with zero attached hydrogens (tertiary/aromatic N) is 2. The fourth-order valence-electron chi connectivity index (χ4n) is 1.92. The third-order valence-corrected chi connectivity index (χ3v) is 3.70. The highest BCUT2D eigenvalue weighted by atomic mass is 32.1. The first-order chi connectivity index (χ1) is 9.08. The molecule has 2 rings (SSSR count). The topological polar surface area (TPSA) is 38.6 Å². The Morgan fingerprint density at radius 1 is 1.53 bits per heavy atom. The van der Waals surface area contributed by atoms with Crippen molar-refractivity contribution in [2.24, 2.45) is 0 Å². The summed E-state index contributed by atoms with van der Waals surface area (Å²) in [6, 6.07) is 0. The van der Waals surface area contributed by atoms with Gasteiger partial charge >= 0.3 is 0 Å². The van der Waals surface area contributed by atoms with Crippen LogP contribution < -0.4 is 5.32 Å². The van der Waals surface area contributed by atoms with Gasteiger partial charge in [-0.25, -0.2) is 4.98 Å². The second-order valence-corrected chi connectivity index (χ2v) is 6.04. The van der Waals surface area contributed by atoms with Crippen LogP contribution in [0.3, 0.4) is 0 Å². The summed E-state index contributed by atoms with van der Waals surface area (Å²) in [6.45, 7) is 12.9. The predicted molar refractivity (Wildman–Crippen MR) is 79.9 cm³/mol. The molecule has 5 heteroatoms. The molecule has 1 N–H and O–H groups in total. The molecule has 0 aromatic carbocycles. The molecule has 0 bridgehead atoms. The zero-order chi connectivity index (χ0) is 13.8. The van der Waals surface area contributed by atoms with Gasteiger partial charge in [-0.15, -0.1) is 11.3 Å². The van der Waals surface area contributed by atoms with Gasteiger partial charge in [0, 0.05) is 24.2 Å². The molecule has 0 atom stereocenters. The minimum Gasteiger partial charge on any atom is -0.376 e. The quantitative estimate of drug-likeness (QED) is 0.625. The SMILES string of the molecule is C=C(C)COCCNCc1c(C)nc2sc(C)cn12. The van der Waals surface area contributed by atoms with Crippen molar-refractivity contribution in [2.75, 3.05) is 19.8 Å². The monoisotopic (exact) mass is 279 g/mol. The molecule has 0 amide bonds. The minimum absolute atomic E-state index is 0.640. The van der Waals surface area contributed by atoms with Gasteiger partial charge in [-0.3, -0.25) is 4.40 Å². The third-order valence-electron chi connectivity index (χ3n) is 2.81. The molecule has 4 nitrogen and oxygen atoms in total. The van der Waals surface area contributed by atoms with Gasteiger partial charge in [-0.2, -0.15) is 0 Å². The minimum atomic E-state index is 0.640. The predicted octanol–water partition coefficient (Wildman–Crippen LogP) is 2.69. The summed E-state index contributed by atoms with van der Waals surface area (Å²) in [7, 11) is 0. The van der Waals surface area contributed by atoms with Gasteiger partial charge in [-0.05, 0) is 20.8 Å². The first-order valence-corrected chi connectivity index (χ1v) is 7.26. The summed E-state index contributed by atoms with van der Waals surface area (Å²) in [6.07, 6.45) is 2.15. The molecular weight excluding hydrogens is 258 g/mol. The van der Waals surface area contributed by atoms with Crippen LogP contribution in [0.5, 0.6) is 0 Å². The summed E-state index contributed by atoms with van der Waals surface area (Å²) < 4.78 is 7.63. The average molecular weight is 279 g/mol. The number of hydrogen-bond acceptors (Lipinski definition) is 4. The van der Waals surface area contributed by atoms with E-state index in [0.717, 1.165) is 29.3 Å². The van der Waals surface area contributed by atoms with Gasteiger partial charge in [0.25, 0.3) is 0 Å². The number of aromatic nitrogens is 2. The lowest BCUT2D eigenvalue weighted by molar-refractivity contribution is 0.157. The molecule has 0 fully saturated rings.